The van der Waals surface area contributed by atoms with Gasteiger partial charge in [0.1, 0.15) is 6.04 Å². The monoisotopic (exact) mass is 327 g/mol. The summed E-state index contributed by atoms with van der Waals surface area (Å²) < 4.78 is 0. The molecular formula is C21H29NO2. The molecule has 0 aromatic heterocycles. The van der Waals surface area contributed by atoms with Crippen molar-refractivity contribution in [2.45, 2.75) is 63.8 Å². The quantitative estimate of drug-likeness (QED) is 0.477. The van der Waals surface area contributed by atoms with Gasteiger partial charge in [0, 0.05) is 12.5 Å². The van der Waals surface area contributed by atoms with Crippen molar-refractivity contribution in [2.24, 2.45) is 40.2 Å². The van der Waals surface area contributed by atoms with E-state index in [0.29, 0.717) is 17.8 Å². The molecule has 4 aliphatic rings. The summed E-state index contributed by atoms with van der Waals surface area (Å²) in [5.74, 6) is 6.37. The highest BCUT2D eigenvalue weighted by atomic mass is 16.3. The molecule has 0 spiro atoms. The normalized spacial score (nSPS) is 46.9. The summed E-state index contributed by atoms with van der Waals surface area (Å²) in [6.45, 7) is 0.271. The number of nitroso groups, excluding NO2 is 1. The molecule has 0 radical (unpaired) electrons. The number of allylic oxidation sites excluding steroid dienone is 1. The van der Waals surface area contributed by atoms with Crippen molar-refractivity contribution < 1.29 is 5.11 Å². The van der Waals surface area contributed by atoms with Gasteiger partial charge in [-0.25, -0.2) is 0 Å². The van der Waals surface area contributed by atoms with Gasteiger partial charge in [-0.2, -0.15) is 4.91 Å². The molecule has 0 heterocycles. The first-order valence-electron chi connectivity index (χ1n) is 9.83. The van der Waals surface area contributed by atoms with Crippen LogP contribution in [0.4, 0.5) is 0 Å². The number of terminal acetylenes is 1. The van der Waals surface area contributed by atoms with Crippen LogP contribution < -0.4 is 0 Å². The molecule has 3 fully saturated rings. The van der Waals surface area contributed by atoms with Crippen LogP contribution in [0.3, 0.4) is 0 Å². The molecule has 0 aromatic carbocycles. The van der Waals surface area contributed by atoms with Crippen molar-refractivity contribution in [1.29, 1.82) is 0 Å². The van der Waals surface area contributed by atoms with E-state index in [1.807, 2.05) is 0 Å². The second kappa shape index (κ2) is 6.30. The highest BCUT2D eigenvalue weighted by Gasteiger charge is 2.57. The van der Waals surface area contributed by atoms with Crippen LogP contribution in [0.2, 0.25) is 0 Å². The average molecular weight is 327 g/mol. The lowest BCUT2D eigenvalue weighted by Crippen LogP contribution is -2.48. The van der Waals surface area contributed by atoms with Gasteiger partial charge in [-0.15, -0.1) is 12.3 Å². The Morgan fingerprint density at radius 3 is 2.83 bits per heavy atom. The average Bonchev–Trinajstić information content (AvgIpc) is 2.99. The fraction of sp³-hybridized carbons (Fsp3) is 0.810. The molecule has 130 valence electrons. The summed E-state index contributed by atoms with van der Waals surface area (Å²) >= 11 is 0. The Balaban J connectivity index is 1.61. The molecule has 3 saturated carbocycles. The van der Waals surface area contributed by atoms with Gasteiger partial charge in [-0.05, 0) is 86.9 Å². The van der Waals surface area contributed by atoms with E-state index in [-0.39, 0.29) is 18.1 Å². The minimum atomic E-state index is -0.0813. The molecule has 0 saturated heterocycles. The van der Waals surface area contributed by atoms with Crippen molar-refractivity contribution in [3.63, 3.8) is 0 Å². The standard InChI is InChI=1S/C21H29NO2/c1-2-15-4-8-20-19-6-3-14-13-16(22-24)5-7-17(14)18(19)9-10-21(15,20)11-12-23/h1,13,15-20,23H,3-12H2/t15-,16?,17-,18+,19+,20-,21-/m0/s1. The lowest BCUT2D eigenvalue weighted by molar-refractivity contribution is -0.0365. The highest BCUT2D eigenvalue weighted by molar-refractivity contribution is 5.22. The Morgan fingerprint density at radius 1 is 1.21 bits per heavy atom. The fourth-order valence-electron chi connectivity index (χ4n) is 7.15. The zero-order chi connectivity index (χ0) is 16.7. The van der Waals surface area contributed by atoms with Gasteiger partial charge in [0.2, 0.25) is 0 Å². The number of nitrogens with zero attached hydrogens (tertiary/aromatic N) is 1. The maximum Gasteiger partial charge on any atom is 0.110 e. The Kier molecular flexibility index (Phi) is 4.29. The van der Waals surface area contributed by atoms with Gasteiger partial charge in [0.25, 0.3) is 0 Å². The van der Waals surface area contributed by atoms with E-state index in [1.54, 1.807) is 0 Å². The smallest absolute Gasteiger partial charge is 0.110 e. The molecule has 3 heteroatoms. The van der Waals surface area contributed by atoms with Gasteiger partial charge in [0.05, 0.1) is 0 Å². The summed E-state index contributed by atoms with van der Waals surface area (Å²) in [6, 6.07) is -0.0813. The molecule has 0 bridgehead atoms. The number of rotatable bonds is 3. The third-order valence-corrected chi connectivity index (χ3v) is 8.06. The first-order valence-corrected chi connectivity index (χ1v) is 9.83. The van der Waals surface area contributed by atoms with Crippen LogP contribution in [0.15, 0.2) is 16.8 Å². The Labute approximate surface area is 145 Å². The second-order valence-electron chi connectivity index (χ2n) is 8.61. The molecule has 24 heavy (non-hydrogen) atoms. The minimum Gasteiger partial charge on any atom is -0.396 e. The first-order chi connectivity index (χ1) is 11.7. The minimum absolute atomic E-state index is 0.0813. The molecule has 0 aromatic rings. The zero-order valence-electron chi connectivity index (χ0n) is 14.5. The van der Waals surface area contributed by atoms with E-state index in [9.17, 15) is 10.0 Å². The summed E-state index contributed by atoms with van der Waals surface area (Å²) in [5, 5.41) is 13.0. The van der Waals surface area contributed by atoms with Crippen molar-refractivity contribution in [3.05, 3.63) is 16.6 Å². The second-order valence-corrected chi connectivity index (χ2v) is 8.61. The molecule has 0 amide bonds. The SMILES string of the molecule is C#C[C@H]1CC[C@H]2[C@@H]3CCC4=CC(N=O)CC[C@@H]4[C@H]3CC[C@]12CCO. The number of aliphatic hydroxyl groups excluding tert-OH is 1. The van der Waals surface area contributed by atoms with Crippen LogP contribution in [0.5, 0.6) is 0 Å². The summed E-state index contributed by atoms with van der Waals surface area (Å²) in [7, 11) is 0. The van der Waals surface area contributed by atoms with Crippen LogP contribution in [0, 0.1) is 52.3 Å². The highest BCUT2D eigenvalue weighted by Crippen LogP contribution is 2.64. The van der Waals surface area contributed by atoms with E-state index in [1.165, 1.54) is 31.3 Å². The topological polar surface area (TPSA) is 49.7 Å². The Hall–Kier alpha value is -1.14. The number of aliphatic hydroxyl groups is 1. The van der Waals surface area contributed by atoms with E-state index in [0.717, 1.165) is 43.9 Å². The van der Waals surface area contributed by atoms with Gasteiger partial charge >= 0.3 is 0 Å². The number of fused-ring (bicyclic) bond motifs is 5. The predicted octanol–water partition coefficient (Wildman–Crippen LogP) is 4.31. The van der Waals surface area contributed by atoms with Crippen LogP contribution in [-0.2, 0) is 0 Å². The molecule has 1 unspecified atom stereocenters. The maximum atomic E-state index is 10.9. The molecule has 4 aliphatic carbocycles. The maximum absolute atomic E-state index is 10.9. The van der Waals surface area contributed by atoms with Crippen molar-refractivity contribution in [2.75, 3.05) is 6.61 Å². The van der Waals surface area contributed by atoms with Crippen LogP contribution in [0.1, 0.15) is 57.8 Å². The Morgan fingerprint density at radius 2 is 2.08 bits per heavy atom. The molecular weight excluding hydrogens is 298 g/mol. The molecule has 1 N–H and O–H groups in total. The zero-order valence-corrected chi connectivity index (χ0v) is 14.5. The van der Waals surface area contributed by atoms with Gasteiger partial charge < -0.3 is 5.11 Å². The fourth-order valence-corrected chi connectivity index (χ4v) is 7.15. The summed E-state index contributed by atoms with van der Waals surface area (Å²) in [5.41, 5.74) is 1.72. The summed E-state index contributed by atoms with van der Waals surface area (Å²) in [4.78, 5) is 10.9. The van der Waals surface area contributed by atoms with Crippen molar-refractivity contribution >= 4 is 0 Å². The van der Waals surface area contributed by atoms with E-state index in [4.69, 9.17) is 6.42 Å². The van der Waals surface area contributed by atoms with Crippen LogP contribution >= 0.6 is 0 Å². The van der Waals surface area contributed by atoms with Crippen LogP contribution in [-0.4, -0.2) is 17.8 Å². The lowest BCUT2D eigenvalue weighted by atomic mass is 9.50. The largest absolute Gasteiger partial charge is 0.396 e. The van der Waals surface area contributed by atoms with E-state index in [2.05, 4.69) is 17.2 Å². The third-order valence-electron chi connectivity index (χ3n) is 8.06. The van der Waals surface area contributed by atoms with E-state index < -0.39 is 0 Å². The van der Waals surface area contributed by atoms with Gasteiger partial charge in [0.15, 0.2) is 0 Å². The molecule has 3 nitrogen and oxygen atoms in total. The predicted molar refractivity (Wildman–Crippen MR) is 95.0 cm³/mol. The number of hydrogen-bond acceptors (Lipinski definition) is 3. The van der Waals surface area contributed by atoms with Crippen molar-refractivity contribution in [3.8, 4) is 12.3 Å². The van der Waals surface area contributed by atoms with Crippen molar-refractivity contribution in [1.82, 2.24) is 0 Å². The third kappa shape index (κ3) is 2.30. The molecule has 0 aliphatic heterocycles. The molecule has 7 atom stereocenters. The van der Waals surface area contributed by atoms with Crippen LogP contribution in [0.25, 0.3) is 0 Å². The van der Waals surface area contributed by atoms with Gasteiger partial charge in [-0.1, -0.05) is 16.8 Å². The lowest BCUT2D eigenvalue weighted by Gasteiger charge is -2.55. The molecule has 4 rings (SSSR count). The summed E-state index contributed by atoms with van der Waals surface area (Å²) in [6.07, 6.45) is 18.3. The first kappa shape index (κ1) is 16.3. The van der Waals surface area contributed by atoms with E-state index >= 15 is 0 Å². The van der Waals surface area contributed by atoms with Gasteiger partial charge in [-0.3, -0.25) is 0 Å². The number of hydrogen-bond donors (Lipinski definition) is 1. The Bertz CT molecular complexity index is 577.